The minimum Gasteiger partial charge on any atom is -0.464 e. The molecule has 0 bridgehead atoms. The van der Waals surface area contributed by atoms with Crippen molar-refractivity contribution in [2.75, 3.05) is 6.61 Å². The molecular formula is C18H22O4. The SMILES string of the molecule is CCO[C@@H]1C[C@H](C(C)(C)C)c2c(c3ccccc3oc2=O)O1. The topological polar surface area (TPSA) is 48.7 Å². The van der Waals surface area contributed by atoms with Crippen LogP contribution in [0.1, 0.15) is 45.6 Å². The second-order valence-corrected chi connectivity index (χ2v) is 6.79. The van der Waals surface area contributed by atoms with Crippen molar-refractivity contribution in [3.05, 3.63) is 40.2 Å². The Morgan fingerprint density at radius 1 is 1.27 bits per heavy atom. The highest BCUT2D eigenvalue weighted by molar-refractivity contribution is 5.84. The number of hydrogen-bond donors (Lipinski definition) is 0. The monoisotopic (exact) mass is 302 g/mol. The van der Waals surface area contributed by atoms with Crippen LogP contribution in [-0.2, 0) is 4.74 Å². The van der Waals surface area contributed by atoms with E-state index in [1.54, 1.807) is 6.07 Å². The fraction of sp³-hybridized carbons (Fsp3) is 0.500. The van der Waals surface area contributed by atoms with Crippen LogP contribution in [0.25, 0.3) is 11.0 Å². The molecule has 0 saturated carbocycles. The van der Waals surface area contributed by atoms with Crippen molar-refractivity contribution in [2.45, 2.75) is 46.3 Å². The maximum atomic E-state index is 12.5. The highest BCUT2D eigenvalue weighted by Gasteiger charge is 2.39. The second-order valence-electron chi connectivity index (χ2n) is 6.79. The summed E-state index contributed by atoms with van der Waals surface area (Å²) >= 11 is 0. The van der Waals surface area contributed by atoms with Gasteiger partial charge in [-0.05, 0) is 24.5 Å². The van der Waals surface area contributed by atoms with E-state index in [1.807, 2.05) is 25.1 Å². The van der Waals surface area contributed by atoms with Gasteiger partial charge >= 0.3 is 5.63 Å². The smallest absolute Gasteiger partial charge is 0.343 e. The Balaban J connectivity index is 2.25. The molecule has 2 heterocycles. The number of fused-ring (bicyclic) bond motifs is 3. The lowest BCUT2D eigenvalue weighted by Crippen LogP contribution is -2.36. The second kappa shape index (κ2) is 5.43. The highest BCUT2D eigenvalue weighted by Crippen LogP contribution is 2.47. The van der Waals surface area contributed by atoms with E-state index in [1.165, 1.54) is 0 Å². The van der Waals surface area contributed by atoms with E-state index in [4.69, 9.17) is 13.9 Å². The molecule has 1 aliphatic rings. The first kappa shape index (κ1) is 15.1. The van der Waals surface area contributed by atoms with E-state index in [0.717, 1.165) is 5.39 Å². The summed E-state index contributed by atoms with van der Waals surface area (Å²) in [6.07, 6.45) is 0.333. The molecule has 1 aliphatic heterocycles. The van der Waals surface area contributed by atoms with Crippen molar-refractivity contribution in [1.29, 1.82) is 0 Å². The number of para-hydroxylation sites is 1. The Kier molecular flexibility index (Phi) is 3.73. The van der Waals surface area contributed by atoms with Crippen LogP contribution in [0.4, 0.5) is 0 Å². The van der Waals surface area contributed by atoms with Crippen molar-refractivity contribution >= 4 is 11.0 Å². The zero-order valence-corrected chi connectivity index (χ0v) is 13.5. The third-order valence-corrected chi connectivity index (χ3v) is 4.22. The van der Waals surface area contributed by atoms with E-state index in [-0.39, 0.29) is 23.2 Å². The van der Waals surface area contributed by atoms with Crippen molar-refractivity contribution in [3.63, 3.8) is 0 Å². The van der Waals surface area contributed by atoms with E-state index < -0.39 is 0 Å². The predicted octanol–water partition coefficient (Wildman–Crippen LogP) is 4.07. The van der Waals surface area contributed by atoms with E-state index in [0.29, 0.717) is 29.9 Å². The van der Waals surface area contributed by atoms with Gasteiger partial charge in [-0.3, -0.25) is 0 Å². The minimum atomic E-state index is -0.327. The molecule has 0 amide bonds. The maximum Gasteiger partial charge on any atom is 0.343 e. The zero-order chi connectivity index (χ0) is 15.9. The third kappa shape index (κ3) is 2.52. The van der Waals surface area contributed by atoms with E-state index in [2.05, 4.69) is 20.8 Å². The molecule has 0 aliphatic carbocycles. The Hall–Kier alpha value is -1.81. The Labute approximate surface area is 130 Å². The largest absolute Gasteiger partial charge is 0.464 e. The first-order chi connectivity index (χ1) is 10.4. The average molecular weight is 302 g/mol. The van der Waals surface area contributed by atoms with Gasteiger partial charge in [0, 0.05) is 18.9 Å². The van der Waals surface area contributed by atoms with Gasteiger partial charge in [0.25, 0.3) is 0 Å². The molecule has 0 unspecified atom stereocenters. The van der Waals surface area contributed by atoms with Gasteiger partial charge in [-0.2, -0.15) is 0 Å². The maximum absolute atomic E-state index is 12.5. The van der Waals surface area contributed by atoms with Gasteiger partial charge in [0.2, 0.25) is 0 Å². The average Bonchev–Trinajstić information content (AvgIpc) is 2.46. The van der Waals surface area contributed by atoms with Crippen molar-refractivity contribution < 1.29 is 13.9 Å². The molecular weight excluding hydrogens is 280 g/mol. The molecule has 22 heavy (non-hydrogen) atoms. The predicted molar refractivity (Wildman–Crippen MR) is 85.3 cm³/mol. The van der Waals surface area contributed by atoms with E-state index in [9.17, 15) is 4.79 Å². The number of benzene rings is 1. The summed E-state index contributed by atoms with van der Waals surface area (Å²) in [6.45, 7) is 8.91. The summed E-state index contributed by atoms with van der Waals surface area (Å²) in [7, 11) is 0. The molecule has 0 spiro atoms. The molecule has 0 fully saturated rings. The normalized spacial score (nSPS) is 21.5. The van der Waals surface area contributed by atoms with Gasteiger partial charge < -0.3 is 13.9 Å². The first-order valence-electron chi connectivity index (χ1n) is 7.75. The number of rotatable bonds is 2. The molecule has 0 N–H and O–H groups in total. The summed E-state index contributed by atoms with van der Waals surface area (Å²) in [5.41, 5.74) is 0.812. The van der Waals surface area contributed by atoms with Crippen LogP contribution in [0.5, 0.6) is 5.75 Å². The van der Waals surface area contributed by atoms with Crippen LogP contribution in [0.3, 0.4) is 0 Å². The van der Waals surface area contributed by atoms with Gasteiger partial charge in [-0.15, -0.1) is 0 Å². The Morgan fingerprint density at radius 2 is 2.00 bits per heavy atom. The molecule has 4 nitrogen and oxygen atoms in total. The standard InChI is InChI=1S/C18H22O4/c1-5-20-14-10-12(18(2,3)4)15-16(22-14)11-8-6-7-9-13(11)21-17(15)19/h6-9,12,14H,5,10H2,1-4H3/t12-,14-/m0/s1. The van der Waals surface area contributed by atoms with Gasteiger partial charge in [0.15, 0.2) is 6.29 Å². The molecule has 1 aromatic heterocycles. The minimum absolute atomic E-state index is 0.0358. The third-order valence-electron chi connectivity index (χ3n) is 4.22. The molecule has 0 saturated heterocycles. The highest BCUT2D eigenvalue weighted by atomic mass is 16.7. The quantitative estimate of drug-likeness (QED) is 0.785. The molecule has 0 radical (unpaired) electrons. The molecule has 1 aromatic carbocycles. The Morgan fingerprint density at radius 3 is 2.68 bits per heavy atom. The summed E-state index contributed by atoms with van der Waals surface area (Å²) < 4.78 is 17.2. The summed E-state index contributed by atoms with van der Waals surface area (Å²) in [6, 6.07) is 7.48. The Bertz CT molecular complexity index is 739. The van der Waals surface area contributed by atoms with Gasteiger partial charge in [-0.25, -0.2) is 4.79 Å². The van der Waals surface area contributed by atoms with Gasteiger partial charge in [0.05, 0.1) is 10.9 Å². The van der Waals surface area contributed by atoms with E-state index >= 15 is 0 Å². The first-order valence-corrected chi connectivity index (χ1v) is 7.75. The van der Waals surface area contributed by atoms with Gasteiger partial charge in [-0.1, -0.05) is 32.9 Å². The molecule has 3 rings (SSSR count). The van der Waals surface area contributed by atoms with Crippen LogP contribution in [0.2, 0.25) is 0 Å². The number of ether oxygens (including phenoxy) is 2. The summed E-state index contributed by atoms with van der Waals surface area (Å²) in [5, 5.41) is 0.829. The fourth-order valence-electron chi connectivity index (χ4n) is 3.13. The molecule has 2 atom stereocenters. The summed E-state index contributed by atoms with van der Waals surface area (Å²) in [5.74, 6) is 0.658. The van der Waals surface area contributed by atoms with Crippen LogP contribution >= 0.6 is 0 Å². The number of hydrogen-bond acceptors (Lipinski definition) is 4. The van der Waals surface area contributed by atoms with Crippen LogP contribution in [-0.4, -0.2) is 12.9 Å². The molecule has 2 aromatic rings. The molecule has 4 heteroatoms. The van der Waals surface area contributed by atoms with Crippen LogP contribution in [0.15, 0.2) is 33.5 Å². The lowest BCUT2D eigenvalue weighted by Gasteiger charge is -2.38. The van der Waals surface area contributed by atoms with Crippen molar-refractivity contribution in [3.8, 4) is 5.75 Å². The van der Waals surface area contributed by atoms with Crippen molar-refractivity contribution in [1.82, 2.24) is 0 Å². The van der Waals surface area contributed by atoms with Crippen molar-refractivity contribution in [2.24, 2.45) is 5.41 Å². The lowest BCUT2D eigenvalue weighted by molar-refractivity contribution is -0.0981. The summed E-state index contributed by atoms with van der Waals surface area (Å²) in [4.78, 5) is 12.5. The zero-order valence-electron chi connectivity index (χ0n) is 13.5. The van der Waals surface area contributed by atoms with Crippen LogP contribution in [0, 0.1) is 5.41 Å². The fourth-order valence-corrected chi connectivity index (χ4v) is 3.13. The molecule has 118 valence electrons. The van der Waals surface area contributed by atoms with Crippen LogP contribution < -0.4 is 10.4 Å². The lowest BCUT2D eigenvalue weighted by atomic mass is 9.73. The van der Waals surface area contributed by atoms with Gasteiger partial charge in [0.1, 0.15) is 11.3 Å².